The van der Waals surface area contributed by atoms with Crippen molar-refractivity contribution < 1.29 is 14.1 Å². The number of carbonyl (C=O) groups excluding carboxylic acids is 1. The molecule has 2 rings (SSSR count). The number of rotatable bonds is 4. The van der Waals surface area contributed by atoms with E-state index in [9.17, 15) is 19.3 Å². The maximum atomic E-state index is 13.1. The van der Waals surface area contributed by atoms with Gasteiger partial charge in [0.2, 0.25) is 0 Å². The van der Waals surface area contributed by atoms with Crippen molar-refractivity contribution in [3.8, 4) is 0 Å². The van der Waals surface area contributed by atoms with Gasteiger partial charge in [-0.15, -0.1) is 11.3 Å². The third-order valence-corrected chi connectivity index (χ3v) is 4.14. The zero-order valence-corrected chi connectivity index (χ0v) is 12.3. The van der Waals surface area contributed by atoms with Gasteiger partial charge in [0, 0.05) is 20.8 Å². The number of amides is 1. The molecule has 1 heterocycles. The second-order valence-corrected chi connectivity index (χ2v) is 5.74. The minimum absolute atomic E-state index is 0.225. The Bertz CT molecular complexity index is 674. The Morgan fingerprint density at radius 2 is 2.20 bits per heavy atom. The summed E-state index contributed by atoms with van der Waals surface area (Å²) in [5.41, 5.74) is -0.707. The SMILES string of the molecule is O=C(NCc1cc(Br)cs1)c1cc(F)ccc1[N+](=O)[O-]. The molecule has 0 aliphatic heterocycles. The topological polar surface area (TPSA) is 72.2 Å². The van der Waals surface area contributed by atoms with Gasteiger partial charge >= 0.3 is 0 Å². The molecule has 20 heavy (non-hydrogen) atoms. The molecule has 1 aromatic carbocycles. The van der Waals surface area contributed by atoms with Crippen molar-refractivity contribution in [2.24, 2.45) is 0 Å². The molecule has 0 saturated carbocycles. The number of nitro benzene ring substituents is 1. The summed E-state index contributed by atoms with van der Waals surface area (Å²) in [4.78, 5) is 22.9. The zero-order valence-electron chi connectivity index (χ0n) is 9.93. The van der Waals surface area contributed by atoms with Crippen molar-refractivity contribution in [2.75, 3.05) is 0 Å². The van der Waals surface area contributed by atoms with Gasteiger partial charge in [-0.25, -0.2) is 4.39 Å². The highest BCUT2D eigenvalue weighted by Gasteiger charge is 2.20. The average Bonchev–Trinajstić information content (AvgIpc) is 2.81. The normalized spacial score (nSPS) is 10.3. The quantitative estimate of drug-likeness (QED) is 0.671. The lowest BCUT2D eigenvalue weighted by Crippen LogP contribution is -2.23. The van der Waals surface area contributed by atoms with Crippen molar-refractivity contribution in [3.05, 3.63) is 60.5 Å². The van der Waals surface area contributed by atoms with E-state index in [4.69, 9.17) is 0 Å². The molecule has 2 aromatic rings. The van der Waals surface area contributed by atoms with Crippen molar-refractivity contribution >= 4 is 38.9 Å². The molecule has 104 valence electrons. The largest absolute Gasteiger partial charge is 0.347 e. The fraction of sp³-hybridized carbons (Fsp3) is 0.0833. The van der Waals surface area contributed by atoms with Crippen LogP contribution in [-0.4, -0.2) is 10.8 Å². The molecule has 0 bridgehead atoms. The van der Waals surface area contributed by atoms with Gasteiger partial charge in [0.25, 0.3) is 11.6 Å². The van der Waals surface area contributed by atoms with E-state index in [0.717, 1.165) is 27.5 Å². The van der Waals surface area contributed by atoms with Crippen LogP contribution in [0.15, 0.2) is 34.1 Å². The molecule has 0 atom stereocenters. The predicted molar refractivity (Wildman–Crippen MR) is 76.2 cm³/mol. The third kappa shape index (κ3) is 3.40. The van der Waals surface area contributed by atoms with E-state index in [1.54, 1.807) is 0 Å². The molecular formula is C12H8BrFN2O3S. The summed E-state index contributed by atoms with van der Waals surface area (Å²) in [6.07, 6.45) is 0. The molecular weight excluding hydrogens is 351 g/mol. The van der Waals surface area contributed by atoms with Crippen molar-refractivity contribution in [3.63, 3.8) is 0 Å². The number of hydrogen-bond donors (Lipinski definition) is 1. The molecule has 1 aromatic heterocycles. The van der Waals surface area contributed by atoms with Gasteiger partial charge in [-0.3, -0.25) is 14.9 Å². The zero-order chi connectivity index (χ0) is 14.7. The summed E-state index contributed by atoms with van der Waals surface area (Å²) in [5.74, 6) is -1.37. The highest BCUT2D eigenvalue weighted by Crippen LogP contribution is 2.21. The fourth-order valence-corrected chi connectivity index (χ4v) is 2.95. The van der Waals surface area contributed by atoms with E-state index < -0.39 is 22.3 Å². The lowest BCUT2D eigenvalue weighted by molar-refractivity contribution is -0.385. The molecule has 0 radical (unpaired) electrons. The summed E-state index contributed by atoms with van der Waals surface area (Å²) in [6.45, 7) is 0.225. The van der Waals surface area contributed by atoms with Crippen LogP contribution < -0.4 is 5.32 Å². The molecule has 0 fully saturated rings. The molecule has 1 amide bonds. The highest BCUT2D eigenvalue weighted by molar-refractivity contribution is 9.10. The van der Waals surface area contributed by atoms with Crippen LogP contribution in [0, 0.1) is 15.9 Å². The van der Waals surface area contributed by atoms with Crippen molar-refractivity contribution in [2.45, 2.75) is 6.54 Å². The van der Waals surface area contributed by atoms with E-state index in [1.807, 2.05) is 11.4 Å². The standard InChI is InChI=1S/C12H8BrFN2O3S/c13-7-3-9(20-6-7)5-15-12(17)10-4-8(14)1-2-11(10)16(18)19/h1-4,6H,5H2,(H,15,17). The first-order valence-corrected chi connectivity index (χ1v) is 7.09. The summed E-state index contributed by atoms with van der Waals surface area (Å²) in [6, 6.07) is 4.61. The van der Waals surface area contributed by atoms with Gasteiger partial charge in [-0.1, -0.05) is 0 Å². The molecule has 5 nitrogen and oxygen atoms in total. The lowest BCUT2D eigenvalue weighted by atomic mass is 10.1. The fourth-order valence-electron chi connectivity index (χ4n) is 1.56. The number of nitrogens with one attached hydrogen (secondary N) is 1. The summed E-state index contributed by atoms with van der Waals surface area (Å²) >= 11 is 4.71. The van der Waals surface area contributed by atoms with Crippen molar-refractivity contribution in [1.82, 2.24) is 5.32 Å². The Morgan fingerprint density at radius 1 is 1.45 bits per heavy atom. The van der Waals surface area contributed by atoms with Crippen LogP contribution in [0.3, 0.4) is 0 Å². The minimum Gasteiger partial charge on any atom is -0.347 e. The Labute approximate surface area is 125 Å². The monoisotopic (exact) mass is 358 g/mol. The number of benzene rings is 1. The molecule has 0 saturated heterocycles. The first-order valence-electron chi connectivity index (χ1n) is 5.42. The van der Waals surface area contributed by atoms with Gasteiger partial charge in [-0.2, -0.15) is 0 Å². The summed E-state index contributed by atoms with van der Waals surface area (Å²) < 4.78 is 14.0. The molecule has 1 N–H and O–H groups in total. The average molecular weight is 359 g/mol. The predicted octanol–water partition coefficient (Wildman–Crippen LogP) is 3.49. The Balaban J connectivity index is 2.16. The van der Waals surface area contributed by atoms with E-state index in [2.05, 4.69) is 21.2 Å². The third-order valence-electron chi connectivity index (χ3n) is 2.44. The van der Waals surface area contributed by atoms with E-state index >= 15 is 0 Å². The van der Waals surface area contributed by atoms with Crippen LogP contribution in [0.25, 0.3) is 0 Å². The van der Waals surface area contributed by atoms with Gasteiger partial charge in [-0.05, 0) is 34.1 Å². The van der Waals surface area contributed by atoms with Crippen LogP contribution in [0.2, 0.25) is 0 Å². The molecule has 0 unspecified atom stereocenters. The van der Waals surface area contributed by atoms with Gasteiger partial charge < -0.3 is 5.32 Å². The molecule has 0 aliphatic carbocycles. The van der Waals surface area contributed by atoms with Gasteiger partial charge in [0.05, 0.1) is 11.5 Å². The van der Waals surface area contributed by atoms with Gasteiger partial charge in [0.1, 0.15) is 11.4 Å². The maximum absolute atomic E-state index is 13.1. The Kier molecular flexibility index (Phi) is 4.46. The first kappa shape index (κ1) is 14.6. The second kappa shape index (κ2) is 6.10. The van der Waals surface area contributed by atoms with Crippen LogP contribution in [0.5, 0.6) is 0 Å². The Hall–Kier alpha value is -1.80. The van der Waals surface area contributed by atoms with Gasteiger partial charge in [0.15, 0.2) is 0 Å². The van der Waals surface area contributed by atoms with E-state index in [1.165, 1.54) is 11.3 Å². The lowest BCUT2D eigenvalue weighted by Gasteiger charge is -2.04. The molecule has 8 heteroatoms. The number of nitro groups is 1. The van der Waals surface area contributed by atoms with E-state index in [0.29, 0.717) is 0 Å². The Morgan fingerprint density at radius 3 is 2.80 bits per heavy atom. The number of carbonyl (C=O) groups is 1. The van der Waals surface area contributed by atoms with Crippen LogP contribution >= 0.6 is 27.3 Å². The van der Waals surface area contributed by atoms with Crippen LogP contribution in [0.4, 0.5) is 10.1 Å². The second-order valence-electron chi connectivity index (χ2n) is 3.83. The molecule has 0 spiro atoms. The smallest absolute Gasteiger partial charge is 0.282 e. The first-order chi connectivity index (χ1) is 9.47. The number of nitrogens with zero attached hydrogens (tertiary/aromatic N) is 1. The summed E-state index contributed by atoms with van der Waals surface area (Å²) in [5, 5.41) is 15.2. The number of hydrogen-bond acceptors (Lipinski definition) is 4. The van der Waals surface area contributed by atoms with E-state index in [-0.39, 0.29) is 12.1 Å². The van der Waals surface area contributed by atoms with Crippen LogP contribution in [0.1, 0.15) is 15.2 Å². The summed E-state index contributed by atoms with van der Waals surface area (Å²) in [7, 11) is 0. The number of thiophene rings is 1. The maximum Gasteiger partial charge on any atom is 0.282 e. The number of halogens is 2. The molecule has 0 aliphatic rings. The van der Waals surface area contributed by atoms with Crippen LogP contribution in [-0.2, 0) is 6.54 Å². The van der Waals surface area contributed by atoms with Crippen molar-refractivity contribution in [1.29, 1.82) is 0 Å². The highest BCUT2D eigenvalue weighted by atomic mass is 79.9. The minimum atomic E-state index is -0.712.